The summed E-state index contributed by atoms with van der Waals surface area (Å²) in [5.74, 6) is -4.18. The third kappa shape index (κ3) is 9.99. The first-order valence-electron chi connectivity index (χ1n) is 6.38. The largest absolute Gasteiger partial charge is 0.480 e. The van der Waals surface area contributed by atoms with Gasteiger partial charge in [-0.05, 0) is 6.42 Å². The molecule has 8 N–H and O–H groups in total. The van der Waals surface area contributed by atoms with E-state index in [9.17, 15) is 19.2 Å². The SMILES string of the molecule is NC(CSSC[C@H](NC(=O)CC[C@H](N)C(=O)O)C(=O)O)C(=O)O. The summed E-state index contributed by atoms with van der Waals surface area (Å²) in [5.41, 5.74) is 10.5. The van der Waals surface area contributed by atoms with Crippen molar-refractivity contribution in [1.29, 1.82) is 0 Å². The summed E-state index contributed by atoms with van der Waals surface area (Å²) in [5, 5.41) is 28.4. The highest BCUT2D eigenvalue weighted by molar-refractivity contribution is 8.76. The van der Waals surface area contributed by atoms with Crippen LogP contribution >= 0.6 is 21.6 Å². The van der Waals surface area contributed by atoms with Crippen LogP contribution in [0.3, 0.4) is 0 Å². The number of hydrogen-bond acceptors (Lipinski definition) is 8. The summed E-state index contributed by atoms with van der Waals surface area (Å²) in [6.45, 7) is 0. The van der Waals surface area contributed by atoms with Crippen molar-refractivity contribution in [2.24, 2.45) is 11.5 Å². The lowest BCUT2D eigenvalue weighted by molar-refractivity contribution is -0.141. The first kappa shape index (κ1) is 21.5. The Hall–Kier alpha value is -1.50. The van der Waals surface area contributed by atoms with E-state index in [1.165, 1.54) is 0 Å². The summed E-state index contributed by atoms with van der Waals surface area (Å²) < 4.78 is 0. The van der Waals surface area contributed by atoms with E-state index in [2.05, 4.69) is 5.32 Å². The quantitative estimate of drug-likeness (QED) is 0.174. The van der Waals surface area contributed by atoms with Crippen LogP contribution in [0, 0.1) is 0 Å². The van der Waals surface area contributed by atoms with Crippen molar-refractivity contribution in [2.75, 3.05) is 11.5 Å². The molecule has 10 nitrogen and oxygen atoms in total. The van der Waals surface area contributed by atoms with Crippen molar-refractivity contribution in [3.05, 3.63) is 0 Å². The van der Waals surface area contributed by atoms with Crippen molar-refractivity contribution in [2.45, 2.75) is 31.0 Å². The van der Waals surface area contributed by atoms with Crippen LogP contribution in [-0.4, -0.2) is 68.8 Å². The van der Waals surface area contributed by atoms with Gasteiger partial charge in [-0.15, -0.1) is 0 Å². The van der Waals surface area contributed by atoms with Crippen molar-refractivity contribution >= 4 is 45.4 Å². The maximum atomic E-state index is 11.6. The summed E-state index contributed by atoms with van der Waals surface area (Å²) in [7, 11) is 2.15. The van der Waals surface area contributed by atoms with Gasteiger partial charge < -0.3 is 32.1 Å². The molecule has 3 atom stereocenters. The number of rotatable bonds is 12. The third-order valence-corrected chi connectivity index (χ3v) is 4.96. The number of hydrogen-bond donors (Lipinski definition) is 6. The Morgan fingerprint density at radius 2 is 1.39 bits per heavy atom. The molecule has 0 rings (SSSR count). The Kier molecular flexibility index (Phi) is 10.4. The summed E-state index contributed by atoms with van der Waals surface area (Å²) >= 11 is 0. The Morgan fingerprint density at radius 1 is 0.870 bits per heavy atom. The number of nitrogens with one attached hydrogen (secondary N) is 1. The third-order valence-electron chi connectivity index (χ3n) is 2.52. The van der Waals surface area contributed by atoms with Gasteiger partial charge in [-0.1, -0.05) is 21.6 Å². The minimum absolute atomic E-state index is 0.00304. The van der Waals surface area contributed by atoms with Gasteiger partial charge >= 0.3 is 17.9 Å². The van der Waals surface area contributed by atoms with Crippen LogP contribution in [0.5, 0.6) is 0 Å². The number of carboxylic acids is 3. The number of carbonyl (C=O) groups is 4. The van der Waals surface area contributed by atoms with Gasteiger partial charge in [-0.2, -0.15) is 0 Å². The zero-order valence-electron chi connectivity index (χ0n) is 12.0. The smallest absolute Gasteiger partial charge is 0.327 e. The van der Waals surface area contributed by atoms with Gasteiger partial charge in [0.2, 0.25) is 5.91 Å². The van der Waals surface area contributed by atoms with Crippen molar-refractivity contribution in [1.82, 2.24) is 5.32 Å². The Labute approximate surface area is 139 Å². The standard InChI is InChI=1S/C11H19N3O7S2/c12-5(9(16)17)1-2-8(15)14-7(11(20)21)4-23-22-3-6(13)10(18)19/h5-7H,1-4,12-13H2,(H,14,15)(H,16,17)(H,18,19)(H,20,21)/t5-,6?,7-/m0/s1. The second-order valence-electron chi connectivity index (χ2n) is 4.46. The molecule has 0 saturated carbocycles. The van der Waals surface area contributed by atoms with E-state index < -0.39 is 41.9 Å². The number of amides is 1. The summed E-state index contributed by atoms with van der Waals surface area (Å²) in [6.07, 6.45) is -0.318. The molecule has 0 aromatic rings. The normalized spacial score (nSPS) is 14.5. The lowest BCUT2D eigenvalue weighted by Gasteiger charge is -2.14. The van der Waals surface area contributed by atoms with E-state index in [-0.39, 0.29) is 24.3 Å². The molecule has 0 fully saturated rings. The van der Waals surface area contributed by atoms with E-state index in [1.807, 2.05) is 0 Å². The number of carbonyl (C=O) groups excluding carboxylic acids is 1. The van der Waals surface area contributed by atoms with Crippen LogP contribution in [0.4, 0.5) is 0 Å². The second kappa shape index (κ2) is 11.1. The second-order valence-corrected chi connectivity index (χ2v) is 7.01. The molecule has 132 valence electrons. The van der Waals surface area contributed by atoms with E-state index >= 15 is 0 Å². The topological polar surface area (TPSA) is 193 Å². The molecule has 0 aromatic heterocycles. The lowest BCUT2D eigenvalue weighted by atomic mass is 10.1. The lowest BCUT2D eigenvalue weighted by Crippen LogP contribution is -2.43. The number of carboxylic acid groups (broad SMARTS) is 3. The molecule has 0 aliphatic heterocycles. The van der Waals surface area contributed by atoms with Crippen LogP contribution in [0.2, 0.25) is 0 Å². The summed E-state index contributed by atoms with van der Waals surface area (Å²) in [6, 6.07) is -3.42. The number of aliphatic carboxylic acids is 3. The van der Waals surface area contributed by atoms with Crippen molar-refractivity contribution in [3.8, 4) is 0 Å². The predicted molar refractivity (Wildman–Crippen MR) is 84.9 cm³/mol. The van der Waals surface area contributed by atoms with E-state index in [0.717, 1.165) is 21.6 Å². The fraction of sp³-hybridized carbons (Fsp3) is 0.636. The first-order chi connectivity index (χ1) is 10.6. The maximum absolute atomic E-state index is 11.6. The molecular formula is C11H19N3O7S2. The molecule has 12 heteroatoms. The average Bonchev–Trinajstić information content (AvgIpc) is 2.46. The Balaban J connectivity index is 4.16. The van der Waals surface area contributed by atoms with Crippen LogP contribution in [0.25, 0.3) is 0 Å². The van der Waals surface area contributed by atoms with Crippen LogP contribution in [0.1, 0.15) is 12.8 Å². The first-order valence-corrected chi connectivity index (χ1v) is 8.87. The molecule has 0 heterocycles. The molecule has 23 heavy (non-hydrogen) atoms. The highest BCUT2D eigenvalue weighted by Crippen LogP contribution is 2.22. The van der Waals surface area contributed by atoms with Gasteiger partial charge in [0, 0.05) is 17.9 Å². The predicted octanol–water partition coefficient (Wildman–Crippen LogP) is -1.46. The van der Waals surface area contributed by atoms with Crippen LogP contribution in [0.15, 0.2) is 0 Å². The van der Waals surface area contributed by atoms with Crippen LogP contribution in [-0.2, 0) is 19.2 Å². The Morgan fingerprint density at radius 3 is 1.87 bits per heavy atom. The molecule has 1 amide bonds. The molecule has 0 aliphatic rings. The van der Waals surface area contributed by atoms with Gasteiger partial charge in [0.15, 0.2) is 0 Å². The highest BCUT2D eigenvalue weighted by atomic mass is 33.1. The number of nitrogens with two attached hydrogens (primary N) is 2. The molecular weight excluding hydrogens is 350 g/mol. The molecule has 0 radical (unpaired) electrons. The molecule has 1 unspecified atom stereocenters. The van der Waals surface area contributed by atoms with Gasteiger partial charge in [0.25, 0.3) is 0 Å². The summed E-state index contributed by atoms with van der Waals surface area (Å²) in [4.78, 5) is 43.6. The minimum Gasteiger partial charge on any atom is -0.480 e. The fourth-order valence-corrected chi connectivity index (χ4v) is 3.43. The van der Waals surface area contributed by atoms with Crippen molar-refractivity contribution in [3.63, 3.8) is 0 Å². The van der Waals surface area contributed by atoms with Crippen LogP contribution < -0.4 is 16.8 Å². The van der Waals surface area contributed by atoms with E-state index in [1.54, 1.807) is 0 Å². The zero-order chi connectivity index (χ0) is 18.0. The van der Waals surface area contributed by atoms with Crippen molar-refractivity contribution < 1.29 is 34.5 Å². The minimum atomic E-state index is -1.25. The fourth-order valence-electron chi connectivity index (χ4n) is 1.16. The molecule has 0 aromatic carbocycles. The average molecular weight is 369 g/mol. The van der Waals surface area contributed by atoms with E-state index in [4.69, 9.17) is 26.8 Å². The molecule has 0 bridgehead atoms. The molecule has 0 aliphatic carbocycles. The van der Waals surface area contributed by atoms with Gasteiger partial charge in [-0.25, -0.2) is 4.79 Å². The Bertz CT molecular complexity index is 449. The molecule has 0 spiro atoms. The van der Waals surface area contributed by atoms with Gasteiger partial charge in [-0.3, -0.25) is 14.4 Å². The van der Waals surface area contributed by atoms with Gasteiger partial charge in [0.05, 0.1) is 0 Å². The maximum Gasteiger partial charge on any atom is 0.327 e. The molecule has 0 saturated heterocycles. The van der Waals surface area contributed by atoms with Gasteiger partial charge in [0.1, 0.15) is 18.1 Å². The monoisotopic (exact) mass is 369 g/mol. The zero-order valence-corrected chi connectivity index (χ0v) is 13.6. The van der Waals surface area contributed by atoms with E-state index in [0.29, 0.717) is 0 Å². The highest BCUT2D eigenvalue weighted by Gasteiger charge is 2.22.